The number of hydrogen-bond donors (Lipinski definition) is 2. The molecular formula is C13H20BrN3O. The Kier molecular flexibility index (Phi) is 5.56. The van der Waals surface area contributed by atoms with Crippen molar-refractivity contribution in [2.45, 2.75) is 25.4 Å². The van der Waals surface area contributed by atoms with Crippen molar-refractivity contribution in [1.29, 1.82) is 0 Å². The van der Waals surface area contributed by atoms with Crippen LogP contribution in [0.25, 0.3) is 0 Å². The van der Waals surface area contributed by atoms with Gasteiger partial charge in [0.15, 0.2) is 0 Å². The zero-order valence-electron chi connectivity index (χ0n) is 10.5. The fourth-order valence-corrected chi connectivity index (χ4v) is 2.81. The Morgan fingerprint density at radius 3 is 3.06 bits per heavy atom. The van der Waals surface area contributed by atoms with Gasteiger partial charge in [-0.15, -0.1) is 0 Å². The number of nitrogens with zero attached hydrogens (tertiary/aromatic N) is 2. The normalized spacial score (nSPS) is 19.6. The van der Waals surface area contributed by atoms with E-state index < -0.39 is 0 Å². The maximum absolute atomic E-state index is 9.16. The molecule has 2 N–H and O–H groups in total. The van der Waals surface area contributed by atoms with E-state index in [0.717, 1.165) is 24.1 Å². The van der Waals surface area contributed by atoms with Crippen LogP contribution in [-0.2, 0) is 6.54 Å². The molecule has 1 unspecified atom stereocenters. The molecule has 1 fully saturated rings. The van der Waals surface area contributed by atoms with E-state index in [2.05, 4.69) is 37.2 Å². The summed E-state index contributed by atoms with van der Waals surface area (Å²) in [7, 11) is 0. The minimum atomic E-state index is 0.203. The molecule has 0 saturated carbocycles. The topological polar surface area (TPSA) is 48.4 Å². The lowest BCUT2D eigenvalue weighted by atomic mass is 10.2. The maximum Gasteiger partial charge on any atom is 0.0558 e. The molecule has 5 heteroatoms. The second kappa shape index (κ2) is 7.19. The van der Waals surface area contributed by atoms with Crippen molar-refractivity contribution >= 4 is 15.9 Å². The van der Waals surface area contributed by atoms with Crippen LogP contribution in [-0.4, -0.2) is 47.3 Å². The molecule has 4 nitrogen and oxygen atoms in total. The third-order valence-electron chi connectivity index (χ3n) is 3.22. The van der Waals surface area contributed by atoms with E-state index in [1.807, 2.05) is 6.20 Å². The molecule has 0 radical (unpaired) electrons. The van der Waals surface area contributed by atoms with Gasteiger partial charge >= 0.3 is 0 Å². The van der Waals surface area contributed by atoms with E-state index >= 15 is 0 Å². The molecule has 1 atom stereocenters. The lowest BCUT2D eigenvalue weighted by Crippen LogP contribution is -2.38. The second-order valence-corrected chi connectivity index (χ2v) is 5.68. The number of aliphatic hydroxyl groups is 1. The highest BCUT2D eigenvalue weighted by Gasteiger charge is 2.17. The quantitative estimate of drug-likeness (QED) is 0.833. The monoisotopic (exact) mass is 313 g/mol. The van der Waals surface area contributed by atoms with Crippen molar-refractivity contribution in [3.05, 3.63) is 28.5 Å². The van der Waals surface area contributed by atoms with Gasteiger partial charge in [0.2, 0.25) is 0 Å². The van der Waals surface area contributed by atoms with Crippen LogP contribution in [0.2, 0.25) is 0 Å². The van der Waals surface area contributed by atoms with E-state index in [4.69, 9.17) is 5.11 Å². The summed E-state index contributed by atoms with van der Waals surface area (Å²) >= 11 is 3.44. The van der Waals surface area contributed by atoms with Crippen LogP contribution in [0.5, 0.6) is 0 Å². The van der Waals surface area contributed by atoms with Crippen molar-refractivity contribution in [1.82, 2.24) is 15.2 Å². The van der Waals surface area contributed by atoms with Crippen LogP contribution in [0, 0.1) is 0 Å². The Hall–Kier alpha value is -0.490. The molecule has 1 aliphatic heterocycles. The van der Waals surface area contributed by atoms with E-state index in [1.54, 1.807) is 6.20 Å². The number of hydrogen-bond acceptors (Lipinski definition) is 4. The zero-order valence-corrected chi connectivity index (χ0v) is 12.1. The fourth-order valence-electron chi connectivity index (χ4n) is 2.40. The van der Waals surface area contributed by atoms with Gasteiger partial charge in [-0.25, -0.2) is 0 Å². The molecule has 0 amide bonds. The van der Waals surface area contributed by atoms with Gasteiger partial charge in [-0.3, -0.25) is 9.88 Å². The largest absolute Gasteiger partial charge is 0.395 e. The minimum Gasteiger partial charge on any atom is -0.395 e. The van der Waals surface area contributed by atoms with Gasteiger partial charge in [0, 0.05) is 42.5 Å². The Morgan fingerprint density at radius 1 is 1.50 bits per heavy atom. The first kappa shape index (κ1) is 13.9. The Morgan fingerprint density at radius 2 is 2.39 bits per heavy atom. The molecule has 0 bridgehead atoms. The molecule has 1 aliphatic rings. The first-order valence-electron chi connectivity index (χ1n) is 6.44. The summed E-state index contributed by atoms with van der Waals surface area (Å²) in [6.45, 7) is 3.87. The van der Waals surface area contributed by atoms with E-state index in [0.29, 0.717) is 12.6 Å². The molecule has 2 heterocycles. The summed E-state index contributed by atoms with van der Waals surface area (Å²) in [6, 6.07) is 2.65. The SMILES string of the molecule is OCCN(Cc1cncc(Br)c1)CC1CCCN1. The number of rotatable bonds is 6. The molecule has 2 rings (SSSR count). The average Bonchev–Trinajstić information content (AvgIpc) is 2.82. The van der Waals surface area contributed by atoms with Gasteiger partial charge in [0.25, 0.3) is 0 Å². The standard InChI is InChI=1S/C13H20BrN3O/c14-12-6-11(7-15-8-12)9-17(4-5-18)10-13-2-1-3-16-13/h6-8,13,16,18H,1-5,9-10H2. The average molecular weight is 314 g/mol. The molecule has 1 aromatic rings. The lowest BCUT2D eigenvalue weighted by molar-refractivity contribution is 0.179. The van der Waals surface area contributed by atoms with Gasteiger partial charge in [-0.2, -0.15) is 0 Å². The molecule has 100 valence electrons. The summed E-state index contributed by atoms with van der Waals surface area (Å²) in [5.74, 6) is 0. The van der Waals surface area contributed by atoms with Crippen molar-refractivity contribution < 1.29 is 5.11 Å². The number of aromatic nitrogens is 1. The van der Waals surface area contributed by atoms with E-state index in [9.17, 15) is 0 Å². The Balaban J connectivity index is 1.92. The molecule has 1 aromatic heterocycles. The summed E-state index contributed by atoms with van der Waals surface area (Å²) in [5, 5.41) is 12.7. The van der Waals surface area contributed by atoms with Gasteiger partial charge in [-0.1, -0.05) is 0 Å². The molecule has 0 spiro atoms. The highest BCUT2D eigenvalue weighted by molar-refractivity contribution is 9.10. The number of halogens is 1. The number of pyridine rings is 1. The van der Waals surface area contributed by atoms with Crippen molar-refractivity contribution in [2.75, 3.05) is 26.2 Å². The summed E-state index contributed by atoms with van der Waals surface area (Å²) < 4.78 is 1.00. The minimum absolute atomic E-state index is 0.203. The van der Waals surface area contributed by atoms with Crippen LogP contribution in [0.15, 0.2) is 22.9 Å². The van der Waals surface area contributed by atoms with Gasteiger partial charge < -0.3 is 10.4 Å². The van der Waals surface area contributed by atoms with E-state index in [1.165, 1.54) is 18.4 Å². The van der Waals surface area contributed by atoms with E-state index in [-0.39, 0.29) is 6.61 Å². The molecular weight excluding hydrogens is 294 g/mol. The molecule has 1 saturated heterocycles. The maximum atomic E-state index is 9.16. The van der Waals surface area contributed by atoms with Crippen molar-refractivity contribution in [3.63, 3.8) is 0 Å². The lowest BCUT2D eigenvalue weighted by Gasteiger charge is -2.24. The molecule has 0 aliphatic carbocycles. The third kappa shape index (κ3) is 4.31. The highest BCUT2D eigenvalue weighted by Crippen LogP contribution is 2.13. The second-order valence-electron chi connectivity index (χ2n) is 4.76. The molecule has 0 aromatic carbocycles. The van der Waals surface area contributed by atoms with Crippen LogP contribution in [0.1, 0.15) is 18.4 Å². The van der Waals surface area contributed by atoms with Crippen LogP contribution in [0.3, 0.4) is 0 Å². The summed E-state index contributed by atoms with van der Waals surface area (Å²) in [5.41, 5.74) is 1.18. The predicted octanol–water partition coefficient (Wildman–Crippen LogP) is 1.39. The van der Waals surface area contributed by atoms with Crippen LogP contribution < -0.4 is 5.32 Å². The fraction of sp³-hybridized carbons (Fsp3) is 0.615. The Bertz CT molecular complexity index is 369. The Labute approximate surface area is 117 Å². The smallest absolute Gasteiger partial charge is 0.0558 e. The zero-order chi connectivity index (χ0) is 12.8. The predicted molar refractivity (Wildman–Crippen MR) is 75.3 cm³/mol. The van der Waals surface area contributed by atoms with Crippen LogP contribution >= 0.6 is 15.9 Å². The molecule has 18 heavy (non-hydrogen) atoms. The van der Waals surface area contributed by atoms with Crippen LogP contribution in [0.4, 0.5) is 0 Å². The highest BCUT2D eigenvalue weighted by atomic mass is 79.9. The van der Waals surface area contributed by atoms with Gasteiger partial charge in [-0.05, 0) is 46.9 Å². The first-order chi connectivity index (χ1) is 8.78. The van der Waals surface area contributed by atoms with Crippen molar-refractivity contribution in [2.24, 2.45) is 0 Å². The number of aliphatic hydroxyl groups excluding tert-OH is 1. The van der Waals surface area contributed by atoms with Gasteiger partial charge in [0.1, 0.15) is 0 Å². The first-order valence-corrected chi connectivity index (χ1v) is 7.23. The van der Waals surface area contributed by atoms with Gasteiger partial charge in [0.05, 0.1) is 6.61 Å². The van der Waals surface area contributed by atoms with Crippen molar-refractivity contribution in [3.8, 4) is 0 Å². The summed E-state index contributed by atoms with van der Waals surface area (Å²) in [4.78, 5) is 6.46. The summed E-state index contributed by atoms with van der Waals surface area (Å²) in [6.07, 6.45) is 6.17. The number of nitrogens with one attached hydrogen (secondary N) is 1. The third-order valence-corrected chi connectivity index (χ3v) is 3.66.